The van der Waals surface area contributed by atoms with Crippen LogP contribution in [0.5, 0.6) is 0 Å². The van der Waals surface area contributed by atoms with Crippen LogP contribution in [0.4, 0.5) is 11.4 Å². The van der Waals surface area contributed by atoms with Crippen molar-refractivity contribution >= 4 is 38.1 Å². The summed E-state index contributed by atoms with van der Waals surface area (Å²) >= 11 is 0. The highest BCUT2D eigenvalue weighted by Gasteiger charge is 2.23. The molecule has 3 aromatic carbocycles. The minimum Gasteiger partial charge on any atom is -0.324 e. The predicted octanol–water partition coefficient (Wildman–Crippen LogP) is 3.86. The van der Waals surface area contributed by atoms with Gasteiger partial charge in [-0.05, 0) is 36.4 Å². The van der Waals surface area contributed by atoms with Gasteiger partial charge in [-0.3, -0.25) is 9.10 Å². The summed E-state index contributed by atoms with van der Waals surface area (Å²) in [6, 6.07) is 18.7. The molecule has 0 spiro atoms. The van der Waals surface area contributed by atoms with Crippen molar-refractivity contribution in [3.63, 3.8) is 0 Å². The quantitative estimate of drug-likeness (QED) is 0.729. The molecule has 0 radical (unpaired) electrons. The van der Waals surface area contributed by atoms with E-state index in [2.05, 4.69) is 5.32 Å². The minimum atomic E-state index is -3.64. The number of benzene rings is 3. The first-order valence-electron chi connectivity index (χ1n) is 8.59. The lowest BCUT2D eigenvalue weighted by Crippen LogP contribution is -2.37. The van der Waals surface area contributed by atoms with Crippen molar-refractivity contribution in [3.8, 4) is 0 Å². The molecular formula is C21H22N2O3S. The Morgan fingerprint density at radius 1 is 0.926 bits per heavy atom. The molecule has 0 saturated heterocycles. The van der Waals surface area contributed by atoms with Crippen LogP contribution < -0.4 is 9.62 Å². The molecule has 0 aromatic heterocycles. The van der Waals surface area contributed by atoms with Crippen LogP contribution in [-0.2, 0) is 14.8 Å². The summed E-state index contributed by atoms with van der Waals surface area (Å²) < 4.78 is 26.0. The maximum Gasteiger partial charge on any atom is 0.245 e. The molecular weight excluding hydrogens is 360 g/mol. The average Bonchev–Trinajstić information content (AvgIpc) is 2.62. The highest BCUT2D eigenvalue weighted by Crippen LogP contribution is 2.28. The molecule has 0 aliphatic rings. The normalized spacial score (nSPS) is 11.4. The van der Waals surface area contributed by atoms with E-state index < -0.39 is 10.0 Å². The molecule has 5 nitrogen and oxygen atoms in total. The number of nitrogens with one attached hydrogen (secondary N) is 1. The number of para-hydroxylation sites is 1. The number of rotatable bonds is 5. The lowest BCUT2D eigenvalue weighted by atomic mass is 10.1. The number of carbonyl (C=O) groups is 1. The van der Waals surface area contributed by atoms with Crippen molar-refractivity contribution in [2.45, 2.75) is 13.8 Å². The van der Waals surface area contributed by atoms with Crippen molar-refractivity contribution < 1.29 is 13.2 Å². The van der Waals surface area contributed by atoms with E-state index >= 15 is 0 Å². The van der Waals surface area contributed by atoms with Gasteiger partial charge >= 0.3 is 0 Å². The molecule has 0 saturated carbocycles. The van der Waals surface area contributed by atoms with Crippen LogP contribution in [0.1, 0.15) is 11.1 Å². The first-order chi connectivity index (χ1) is 12.8. The topological polar surface area (TPSA) is 66.5 Å². The van der Waals surface area contributed by atoms with Gasteiger partial charge in [0.25, 0.3) is 0 Å². The molecule has 27 heavy (non-hydrogen) atoms. The van der Waals surface area contributed by atoms with E-state index in [0.717, 1.165) is 32.5 Å². The van der Waals surface area contributed by atoms with Gasteiger partial charge in [0.15, 0.2) is 0 Å². The Balaban J connectivity index is 1.96. The molecule has 0 aliphatic carbocycles. The molecule has 3 aromatic rings. The van der Waals surface area contributed by atoms with Crippen LogP contribution in [0, 0.1) is 13.8 Å². The van der Waals surface area contributed by atoms with Crippen LogP contribution in [0.3, 0.4) is 0 Å². The molecule has 0 fully saturated rings. The summed E-state index contributed by atoms with van der Waals surface area (Å²) in [5.41, 5.74) is 3.07. The van der Waals surface area contributed by atoms with Crippen molar-refractivity contribution in [1.82, 2.24) is 0 Å². The SMILES string of the molecule is Cc1cccc(C)c1NC(=O)CN(c1cccc2ccccc12)S(C)(=O)=O. The lowest BCUT2D eigenvalue weighted by molar-refractivity contribution is -0.114. The number of anilines is 2. The smallest absolute Gasteiger partial charge is 0.245 e. The Hall–Kier alpha value is -2.86. The highest BCUT2D eigenvalue weighted by atomic mass is 32.2. The van der Waals surface area contributed by atoms with Crippen molar-refractivity contribution in [1.29, 1.82) is 0 Å². The van der Waals surface area contributed by atoms with E-state index in [9.17, 15) is 13.2 Å². The van der Waals surface area contributed by atoms with Gasteiger partial charge < -0.3 is 5.32 Å². The van der Waals surface area contributed by atoms with E-state index in [4.69, 9.17) is 0 Å². The monoisotopic (exact) mass is 382 g/mol. The maximum atomic E-state index is 12.7. The molecule has 6 heteroatoms. The number of hydrogen-bond donors (Lipinski definition) is 1. The fraction of sp³-hybridized carbons (Fsp3) is 0.190. The summed E-state index contributed by atoms with van der Waals surface area (Å²) in [6.07, 6.45) is 1.11. The van der Waals surface area contributed by atoms with Crippen LogP contribution in [-0.4, -0.2) is 27.1 Å². The van der Waals surface area contributed by atoms with Gasteiger partial charge in [-0.25, -0.2) is 8.42 Å². The first kappa shape index (κ1) is 18.9. The van der Waals surface area contributed by atoms with Crippen molar-refractivity contribution in [3.05, 3.63) is 71.8 Å². The Bertz CT molecular complexity index is 1080. The zero-order chi connectivity index (χ0) is 19.6. The molecule has 140 valence electrons. The maximum absolute atomic E-state index is 12.7. The van der Waals surface area contributed by atoms with Crippen molar-refractivity contribution in [2.24, 2.45) is 0 Å². The van der Waals surface area contributed by atoms with Crippen LogP contribution >= 0.6 is 0 Å². The van der Waals surface area contributed by atoms with Gasteiger partial charge in [0.1, 0.15) is 6.54 Å². The third kappa shape index (κ3) is 4.11. The highest BCUT2D eigenvalue weighted by molar-refractivity contribution is 7.92. The second kappa shape index (κ2) is 7.40. The van der Waals surface area contributed by atoms with E-state index in [-0.39, 0.29) is 12.5 Å². The Labute approximate surface area is 159 Å². The zero-order valence-electron chi connectivity index (χ0n) is 15.6. The third-order valence-electron chi connectivity index (χ3n) is 4.47. The van der Waals surface area contributed by atoms with E-state index in [1.54, 1.807) is 12.1 Å². The van der Waals surface area contributed by atoms with Crippen molar-refractivity contribution in [2.75, 3.05) is 22.4 Å². The van der Waals surface area contributed by atoms with Crippen LogP contribution in [0.25, 0.3) is 10.8 Å². The fourth-order valence-corrected chi connectivity index (χ4v) is 4.00. The van der Waals surface area contributed by atoms with Gasteiger partial charge in [-0.2, -0.15) is 0 Å². The number of fused-ring (bicyclic) bond motifs is 1. The Kier molecular flexibility index (Phi) is 5.19. The third-order valence-corrected chi connectivity index (χ3v) is 5.59. The summed E-state index contributed by atoms with van der Waals surface area (Å²) in [7, 11) is -3.64. The first-order valence-corrected chi connectivity index (χ1v) is 10.4. The molecule has 0 bridgehead atoms. The second-order valence-corrected chi connectivity index (χ2v) is 8.49. The standard InChI is InChI=1S/C21H22N2O3S/c1-15-8-6-9-16(2)21(15)22-20(24)14-23(27(3,25)26)19-13-7-11-17-10-4-5-12-18(17)19/h4-13H,14H2,1-3H3,(H,22,24). The van der Waals surface area contributed by atoms with E-state index in [1.807, 2.05) is 62.4 Å². The molecule has 1 N–H and O–H groups in total. The summed E-state index contributed by atoms with van der Waals surface area (Å²) in [5.74, 6) is -0.384. The second-order valence-electron chi connectivity index (χ2n) is 6.58. The molecule has 0 heterocycles. The van der Waals surface area contributed by atoms with Gasteiger partial charge in [-0.1, -0.05) is 54.6 Å². The number of amides is 1. The number of carbonyl (C=O) groups excluding carboxylic acids is 1. The van der Waals surface area contributed by atoms with Gasteiger partial charge in [0.2, 0.25) is 15.9 Å². The summed E-state index contributed by atoms with van der Waals surface area (Å²) in [5, 5.41) is 4.55. The van der Waals surface area contributed by atoms with E-state index in [0.29, 0.717) is 11.4 Å². The van der Waals surface area contributed by atoms with Crippen LogP contribution in [0.15, 0.2) is 60.7 Å². The van der Waals surface area contributed by atoms with Gasteiger partial charge in [0, 0.05) is 11.1 Å². The van der Waals surface area contributed by atoms with Crippen LogP contribution in [0.2, 0.25) is 0 Å². The average molecular weight is 382 g/mol. The van der Waals surface area contributed by atoms with Gasteiger partial charge in [-0.15, -0.1) is 0 Å². The molecule has 0 unspecified atom stereocenters. The summed E-state index contributed by atoms with van der Waals surface area (Å²) in [4.78, 5) is 12.7. The predicted molar refractivity (Wildman–Crippen MR) is 111 cm³/mol. The molecule has 3 rings (SSSR count). The number of aryl methyl sites for hydroxylation is 2. The molecule has 0 atom stereocenters. The summed E-state index contributed by atoms with van der Waals surface area (Å²) in [6.45, 7) is 3.52. The number of hydrogen-bond acceptors (Lipinski definition) is 3. The molecule has 1 amide bonds. The van der Waals surface area contributed by atoms with E-state index in [1.165, 1.54) is 0 Å². The zero-order valence-corrected chi connectivity index (χ0v) is 16.4. The Morgan fingerprint density at radius 3 is 2.19 bits per heavy atom. The number of sulfonamides is 1. The Morgan fingerprint density at radius 2 is 1.52 bits per heavy atom. The number of nitrogens with zero attached hydrogens (tertiary/aromatic N) is 1. The fourth-order valence-electron chi connectivity index (χ4n) is 3.13. The molecule has 0 aliphatic heterocycles. The minimum absolute atomic E-state index is 0.291. The lowest BCUT2D eigenvalue weighted by Gasteiger charge is -2.24. The largest absolute Gasteiger partial charge is 0.324 e. The van der Waals surface area contributed by atoms with Gasteiger partial charge in [0.05, 0.1) is 11.9 Å².